The predicted molar refractivity (Wildman–Crippen MR) is 74.3 cm³/mol. The fourth-order valence-electron chi connectivity index (χ4n) is 1.45. The standard InChI is InChI=1S/C12H15N5S/c1-8-7-10(17(3)4)5-6-11(8)14-15-12-13-9(2)16-18-12/h5-7H,1-4H3. The van der Waals surface area contributed by atoms with Gasteiger partial charge < -0.3 is 4.90 Å². The van der Waals surface area contributed by atoms with Crippen LogP contribution in [-0.4, -0.2) is 23.5 Å². The van der Waals surface area contributed by atoms with E-state index in [2.05, 4.69) is 30.6 Å². The Bertz CT molecular complexity index is 574. The average molecular weight is 261 g/mol. The molecule has 0 aliphatic rings. The van der Waals surface area contributed by atoms with Gasteiger partial charge in [-0.1, -0.05) is 0 Å². The van der Waals surface area contributed by atoms with E-state index in [9.17, 15) is 0 Å². The second-order valence-corrected chi connectivity index (χ2v) is 4.92. The monoisotopic (exact) mass is 261 g/mol. The number of hydrogen-bond acceptors (Lipinski definition) is 6. The molecule has 1 heterocycles. The first-order valence-corrected chi connectivity index (χ1v) is 6.33. The molecule has 0 saturated heterocycles. The van der Waals surface area contributed by atoms with Gasteiger partial charge in [-0.05, 0) is 37.6 Å². The predicted octanol–water partition coefficient (Wildman–Crippen LogP) is 3.64. The normalized spacial score (nSPS) is 11.1. The number of aromatic nitrogens is 2. The Hall–Kier alpha value is -1.82. The van der Waals surface area contributed by atoms with E-state index in [1.54, 1.807) is 0 Å². The molecule has 0 fully saturated rings. The smallest absolute Gasteiger partial charge is 0.249 e. The van der Waals surface area contributed by atoms with Gasteiger partial charge >= 0.3 is 0 Å². The van der Waals surface area contributed by atoms with Gasteiger partial charge in [-0.2, -0.15) is 4.37 Å². The molecule has 0 saturated carbocycles. The summed E-state index contributed by atoms with van der Waals surface area (Å²) in [5, 5.41) is 8.88. The van der Waals surface area contributed by atoms with Crippen LogP contribution in [0.3, 0.4) is 0 Å². The first-order valence-electron chi connectivity index (χ1n) is 5.56. The van der Waals surface area contributed by atoms with Gasteiger partial charge in [-0.15, -0.1) is 10.2 Å². The van der Waals surface area contributed by atoms with E-state index in [4.69, 9.17) is 0 Å². The Morgan fingerprint density at radius 3 is 2.50 bits per heavy atom. The van der Waals surface area contributed by atoms with E-state index in [1.807, 2.05) is 40.1 Å². The van der Waals surface area contributed by atoms with Gasteiger partial charge in [0.25, 0.3) is 0 Å². The number of benzene rings is 1. The Labute approximate surface area is 110 Å². The summed E-state index contributed by atoms with van der Waals surface area (Å²) in [5.41, 5.74) is 3.10. The van der Waals surface area contributed by atoms with Crippen LogP contribution in [0.25, 0.3) is 0 Å². The molecule has 94 valence electrons. The van der Waals surface area contributed by atoms with Gasteiger partial charge in [0.2, 0.25) is 5.13 Å². The fourth-order valence-corrected chi connectivity index (χ4v) is 1.96. The average Bonchev–Trinajstić information content (AvgIpc) is 2.73. The molecule has 1 aromatic heterocycles. The molecule has 1 aromatic carbocycles. The quantitative estimate of drug-likeness (QED) is 0.793. The van der Waals surface area contributed by atoms with Gasteiger partial charge in [0.05, 0.1) is 5.69 Å². The SMILES string of the molecule is Cc1nsc(N=Nc2ccc(N(C)C)cc2C)n1. The number of azo groups is 1. The van der Waals surface area contributed by atoms with E-state index in [1.165, 1.54) is 11.5 Å². The Morgan fingerprint density at radius 1 is 1.17 bits per heavy atom. The Kier molecular flexibility index (Phi) is 3.66. The zero-order chi connectivity index (χ0) is 13.1. The molecule has 0 amide bonds. The summed E-state index contributed by atoms with van der Waals surface area (Å²) in [7, 11) is 4.03. The lowest BCUT2D eigenvalue weighted by atomic mass is 10.2. The third-order valence-corrected chi connectivity index (χ3v) is 3.15. The maximum Gasteiger partial charge on any atom is 0.249 e. The molecule has 2 aromatic rings. The van der Waals surface area contributed by atoms with E-state index in [0.717, 1.165) is 22.8 Å². The molecule has 0 radical (unpaired) electrons. The summed E-state index contributed by atoms with van der Waals surface area (Å²) in [5.74, 6) is 0.730. The molecule has 18 heavy (non-hydrogen) atoms. The van der Waals surface area contributed by atoms with Crippen molar-refractivity contribution < 1.29 is 0 Å². The first kappa shape index (κ1) is 12.6. The van der Waals surface area contributed by atoms with Crippen molar-refractivity contribution in [3.8, 4) is 0 Å². The lowest BCUT2D eigenvalue weighted by Crippen LogP contribution is -2.08. The largest absolute Gasteiger partial charge is 0.378 e. The van der Waals surface area contributed by atoms with Crippen LogP contribution in [0.2, 0.25) is 0 Å². The highest BCUT2D eigenvalue weighted by atomic mass is 32.1. The van der Waals surface area contributed by atoms with Gasteiger partial charge in [-0.25, -0.2) is 4.98 Å². The minimum absolute atomic E-state index is 0.587. The number of rotatable bonds is 3. The van der Waals surface area contributed by atoms with Crippen LogP contribution < -0.4 is 4.90 Å². The Morgan fingerprint density at radius 2 is 1.94 bits per heavy atom. The molecule has 0 bridgehead atoms. The minimum Gasteiger partial charge on any atom is -0.378 e. The molecule has 0 aliphatic carbocycles. The molecule has 2 rings (SSSR count). The van der Waals surface area contributed by atoms with Crippen molar-refractivity contribution in [2.45, 2.75) is 13.8 Å². The molecule has 0 unspecified atom stereocenters. The molecule has 6 heteroatoms. The summed E-state index contributed by atoms with van der Waals surface area (Å²) in [6, 6.07) is 6.06. The van der Waals surface area contributed by atoms with Gasteiger partial charge in [0.15, 0.2) is 0 Å². The highest BCUT2D eigenvalue weighted by Crippen LogP contribution is 2.26. The minimum atomic E-state index is 0.587. The molecule has 0 N–H and O–H groups in total. The molecule has 0 spiro atoms. The van der Waals surface area contributed by atoms with Gasteiger partial charge in [0, 0.05) is 31.3 Å². The number of aryl methyl sites for hydroxylation is 2. The third-order valence-electron chi connectivity index (χ3n) is 2.46. The zero-order valence-electron chi connectivity index (χ0n) is 10.9. The molecule has 0 aliphatic heterocycles. The molecular weight excluding hydrogens is 246 g/mol. The second kappa shape index (κ2) is 5.22. The highest BCUT2D eigenvalue weighted by molar-refractivity contribution is 7.09. The summed E-state index contributed by atoms with van der Waals surface area (Å²) in [6.07, 6.45) is 0. The van der Waals surface area contributed by atoms with Gasteiger partial charge in [0.1, 0.15) is 5.82 Å². The maximum atomic E-state index is 4.20. The van der Waals surface area contributed by atoms with Crippen molar-refractivity contribution in [1.29, 1.82) is 0 Å². The number of hydrogen-bond donors (Lipinski definition) is 0. The van der Waals surface area contributed by atoms with Crippen LogP contribution in [0, 0.1) is 13.8 Å². The first-order chi connectivity index (χ1) is 8.56. The van der Waals surface area contributed by atoms with Crippen LogP contribution >= 0.6 is 11.5 Å². The van der Waals surface area contributed by atoms with Crippen LogP contribution in [0.15, 0.2) is 28.4 Å². The fraction of sp³-hybridized carbons (Fsp3) is 0.333. The van der Waals surface area contributed by atoms with Crippen molar-refractivity contribution in [1.82, 2.24) is 9.36 Å². The summed E-state index contributed by atoms with van der Waals surface area (Å²) in [4.78, 5) is 6.20. The molecular formula is C12H15N5S. The lowest BCUT2D eigenvalue weighted by Gasteiger charge is -2.13. The van der Waals surface area contributed by atoms with Crippen molar-refractivity contribution in [3.63, 3.8) is 0 Å². The zero-order valence-corrected chi connectivity index (χ0v) is 11.7. The van der Waals surface area contributed by atoms with Crippen molar-refractivity contribution in [2.75, 3.05) is 19.0 Å². The number of nitrogens with zero attached hydrogens (tertiary/aromatic N) is 5. The Balaban J connectivity index is 2.22. The summed E-state index contributed by atoms with van der Waals surface area (Å²) >= 11 is 1.25. The third kappa shape index (κ3) is 2.89. The van der Waals surface area contributed by atoms with Crippen molar-refractivity contribution in [2.24, 2.45) is 10.2 Å². The molecule has 0 atom stereocenters. The summed E-state index contributed by atoms with van der Waals surface area (Å²) in [6.45, 7) is 3.86. The number of anilines is 1. The van der Waals surface area contributed by atoms with Crippen molar-refractivity contribution in [3.05, 3.63) is 29.6 Å². The van der Waals surface area contributed by atoms with Crippen LogP contribution in [0.1, 0.15) is 11.4 Å². The lowest BCUT2D eigenvalue weighted by molar-refractivity contribution is 1.11. The van der Waals surface area contributed by atoms with Crippen LogP contribution in [0.4, 0.5) is 16.5 Å². The van der Waals surface area contributed by atoms with E-state index >= 15 is 0 Å². The van der Waals surface area contributed by atoms with Crippen LogP contribution in [0.5, 0.6) is 0 Å². The second-order valence-electron chi connectivity index (χ2n) is 4.19. The summed E-state index contributed by atoms with van der Waals surface area (Å²) < 4.78 is 4.06. The van der Waals surface area contributed by atoms with E-state index < -0.39 is 0 Å². The van der Waals surface area contributed by atoms with Crippen LogP contribution in [-0.2, 0) is 0 Å². The van der Waals surface area contributed by atoms with Gasteiger partial charge in [-0.3, -0.25) is 0 Å². The van der Waals surface area contributed by atoms with Crippen molar-refractivity contribution >= 4 is 28.0 Å². The highest BCUT2D eigenvalue weighted by Gasteiger charge is 2.02. The maximum absolute atomic E-state index is 4.20. The van der Waals surface area contributed by atoms with E-state index in [-0.39, 0.29) is 0 Å². The molecule has 5 nitrogen and oxygen atoms in total. The van der Waals surface area contributed by atoms with E-state index in [0.29, 0.717) is 5.13 Å². The topological polar surface area (TPSA) is 53.7 Å².